The van der Waals surface area contributed by atoms with Crippen molar-refractivity contribution in [3.8, 4) is 0 Å². The van der Waals surface area contributed by atoms with Gasteiger partial charge in [0.1, 0.15) is 5.69 Å². The van der Waals surface area contributed by atoms with E-state index in [4.69, 9.17) is 4.74 Å². The Morgan fingerprint density at radius 1 is 1.48 bits per heavy atom. The number of hydrogen-bond acceptors (Lipinski definition) is 5. The molecule has 2 fully saturated rings. The summed E-state index contributed by atoms with van der Waals surface area (Å²) in [6.45, 7) is 2.90. The zero-order valence-corrected chi connectivity index (χ0v) is 12.1. The fourth-order valence-corrected chi connectivity index (χ4v) is 3.41. The third-order valence-electron chi connectivity index (χ3n) is 4.47. The number of rotatable bonds is 3. The van der Waals surface area contributed by atoms with Crippen LogP contribution < -0.4 is 4.90 Å². The van der Waals surface area contributed by atoms with Gasteiger partial charge in [0.15, 0.2) is 0 Å². The van der Waals surface area contributed by atoms with E-state index in [9.17, 15) is 15.2 Å². The van der Waals surface area contributed by atoms with Crippen molar-refractivity contribution in [2.45, 2.75) is 44.4 Å². The first kappa shape index (κ1) is 14.3. The Morgan fingerprint density at radius 3 is 3.00 bits per heavy atom. The van der Waals surface area contributed by atoms with E-state index >= 15 is 0 Å². The van der Waals surface area contributed by atoms with E-state index in [-0.39, 0.29) is 22.8 Å². The molecule has 1 saturated carbocycles. The molecule has 1 heterocycles. The second-order valence-corrected chi connectivity index (χ2v) is 5.78. The third-order valence-corrected chi connectivity index (χ3v) is 4.47. The normalized spacial score (nSPS) is 26.5. The highest BCUT2D eigenvalue weighted by molar-refractivity contribution is 5.65. The second kappa shape index (κ2) is 5.61. The van der Waals surface area contributed by atoms with Crippen LogP contribution in [0.4, 0.5) is 11.4 Å². The first-order chi connectivity index (χ1) is 10.1. The largest absolute Gasteiger partial charge is 0.389 e. The van der Waals surface area contributed by atoms with E-state index in [0.29, 0.717) is 24.4 Å². The molecular formula is C15H20N2O4. The number of ether oxygens (including phenoxy) is 1. The summed E-state index contributed by atoms with van der Waals surface area (Å²) >= 11 is 0. The molecule has 6 nitrogen and oxygen atoms in total. The topological polar surface area (TPSA) is 75.8 Å². The van der Waals surface area contributed by atoms with Crippen LogP contribution in [-0.2, 0) is 4.74 Å². The molecule has 2 aliphatic rings. The van der Waals surface area contributed by atoms with Crippen molar-refractivity contribution in [3.63, 3.8) is 0 Å². The summed E-state index contributed by atoms with van der Waals surface area (Å²) in [4.78, 5) is 13.2. The maximum atomic E-state index is 11.4. The predicted molar refractivity (Wildman–Crippen MR) is 78.5 cm³/mol. The van der Waals surface area contributed by atoms with E-state index in [1.807, 2.05) is 0 Å². The summed E-state index contributed by atoms with van der Waals surface area (Å²) in [6, 6.07) is 5.25. The van der Waals surface area contributed by atoms with Gasteiger partial charge in [-0.1, -0.05) is 6.07 Å². The Bertz CT molecular complexity index is 546. The molecule has 1 aromatic rings. The minimum absolute atomic E-state index is 0.0703. The highest BCUT2D eigenvalue weighted by Crippen LogP contribution is 2.38. The molecule has 0 radical (unpaired) electrons. The second-order valence-electron chi connectivity index (χ2n) is 5.78. The molecule has 3 rings (SSSR count). The molecule has 1 saturated heterocycles. The quantitative estimate of drug-likeness (QED) is 0.684. The highest BCUT2D eigenvalue weighted by Gasteiger charge is 2.38. The molecule has 6 heteroatoms. The van der Waals surface area contributed by atoms with Crippen LogP contribution in [0.5, 0.6) is 0 Å². The predicted octanol–water partition coefficient (Wildman–Crippen LogP) is 2.41. The van der Waals surface area contributed by atoms with Crippen molar-refractivity contribution in [2.75, 3.05) is 18.1 Å². The summed E-state index contributed by atoms with van der Waals surface area (Å²) < 4.78 is 5.76. The average Bonchev–Trinajstić information content (AvgIpc) is 2.94. The zero-order chi connectivity index (χ0) is 15.0. The van der Waals surface area contributed by atoms with Crippen LogP contribution in [0.25, 0.3) is 0 Å². The maximum absolute atomic E-state index is 11.4. The number of hydrogen-bond donors (Lipinski definition) is 1. The summed E-state index contributed by atoms with van der Waals surface area (Å²) in [5.41, 5.74) is 1.28. The van der Waals surface area contributed by atoms with Crippen molar-refractivity contribution in [1.82, 2.24) is 0 Å². The summed E-state index contributed by atoms with van der Waals surface area (Å²) in [7, 11) is 0. The van der Waals surface area contributed by atoms with Gasteiger partial charge in [0.05, 0.1) is 29.8 Å². The number of anilines is 1. The molecule has 114 valence electrons. The van der Waals surface area contributed by atoms with E-state index in [1.54, 1.807) is 19.1 Å². The first-order valence-electron chi connectivity index (χ1n) is 7.42. The molecule has 0 aromatic heterocycles. The molecular weight excluding hydrogens is 272 g/mol. The zero-order valence-electron chi connectivity index (χ0n) is 12.1. The van der Waals surface area contributed by atoms with E-state index < -0.39 is 6.10 Å². The van der Waals surface area contributed by atoms with Crippen molar-refractivity contribution < 1.29 is 14.8 Å². The molecule has 2 unspecified atom stereocenters. The van der Waals surface area contributed by atoms with Crippen LogP contribution >= 0.6 is 0 Å². The molecule has 1 N–H and O–H groups in total. The lowest BCUT2D eigenvalue weighted by Gasteiger charge is -2.39. The highest BCUT2D eigenvalue weighted by atomic mass is 16.6. The SMILES string of the molecule is C[C@H](O)c1ccc(N2CCOC3CCCC32)c([N+](=O)[O-])c1. The smallest absolute Gasteiger partial charge is 0.292 e. The van der Waals surface area contributed by atoms with Gasteiger partial charge in [-0.25, -0.2) is 0 Å². The van der Waals surface area contributed by atoms with Gasteiger partial charge >= 0.3 is 0 Å². The van der Waals surface area contributed by atoms with Gasteiger partial charge in [-0.3, -0.25) is 10.1 Å². The van der Waals surface area contributed by atoms with Gasteiger partial charge in [-0.05, 0) is 37.8 Å². The van der Waals surface area contributed by atoms with Gasteiger partial charge in [-0.2, -0.15) is 0 Å². The third kappa shape index (κ3) is 2.61. The lowest BCUT2D eigenvalue weighted by atomic mass is 10.1. The molecule has 1 aliphatic carbocycles. The average molecular weight is 292 g/mol. The molecule has 0 spiro atoms. The summed E-state index contributed by atoms with van der Waals surface area (Å²) in [6.07, 6.45) is 2.63. The van der Waals surface area contributed by atoms with Gasteiger partial charge in [0, 0.05) is 12.6 Å². The molecule has 0 amide bonds. The molecule has 0 bridgehead atoms. The minimum Gasteiger partial charge on any atom is -0.389 e. The Hall–Kier alpha value is -1.66. The molecule has 3 atom stereocenters. The van der Waals surface area contributed by atoms with Crippen molar-refractivity contribution in [1.29, 1.82) is 0 Å². The molecule has 1 aliphatic heterocycles. The Balaban J connectivity index is 1.98. The van der Waals surface area contributed by atoms with Gasteiger partial charge < -0.3 is 14.7 Å². The lowest BCUT2D eigenvalue weighted by Crippen LogP contribution is -2.48. The van der Waals surface area contributed by atoms with Crippen LogP contribution in [0, 0.1) is 10.1 Å². The van der Waals surface area contributed by atoms with Crippen LogP contribution in [0.1, 0.15) is 37.9 Å². The summed E-state index contributed by atoms with van der Waals surface area (Å²) in [5, 5.41) is 21.0. The fourth-order valence-electron chi connectivity index (χ4n) is 3.41. The van der Waals surface area contributed by atoms with Crippen LogP contribution in [0.15, 0.2) is 18.2 Å². The monoisotopic (exact) mass is 292 g/mol. The van der Waals surface area contributed by atoms with Crippen LogP contribution in [-0.4, -0.2) is 35.3 Å². The number of nitro groups is 1. The number of aliphatic hydroxyl groups excluding tert-OH is 1. The van der Waals surface area contributed by atoms with Crippen molar-refractivity contribution >= 4 is 11.4 Å². The molecule has 1 aromatic carbocycles. The van der Waals surface area contributed by atoms with Crippen molar-refractivity contribution in [2.24, 2.45) is 0 Å². The number of morpholine rings is 1. The van der Waals surface area contributed by atoms with E-state index in [0.717, 1.165) is 19.3 Å². The Labute approximate surface area is 123 Å². The fraction of sp³-hybridized carbons (Fsp3) is 0.600. The number of benzene rings is 1. The first-order valence-corrected chi connectivity index (χ1v) is 7.42. The van der Waals surface area contributed by atoms with Gasteiger partial charge in [-0.15, -0.1) is 0 Å². The number of aliphatic hydroxyl groups is 1. The van der Waals surface area contributed by atoms with Gasteiger partial charge in [0.2, 0.25) is 0 Å². The number of nitro benzene ring substituents is 1. The number of fused-ring (bicyclic) bond motifs is 1. The van der Waals surface area contributed by atoms with E-state index in [2.05, 4.69) is 4.90 Å². The van der Waals surface area contributed by atoms with E-state index in [1.165, 1.54) is 6.07 Å². The molecule has 21 heavy (non-hydrogen) atoms. The van der Waals surface area contributed by atoms with Crippen LogP contribution in [0.2, 0.25) is 0 Å². The number of nitrogens with zero attached hydrogens (tertiary/aromatic N) is 2. The van der Waals surface area contributed by atoms with Gasteiger partial charge in [0.25, 0.3) is 5.69 Å². The summed E-state index contributed by atoms with van der Waals surface area (Å²) in [5.74, 6) is 0. The Kier molecular flexibility index (Phi) is 3.82. The van der Waals surface area contributed by atoms with Crippen molar-refractivity contribution in [3.05, 3.63) is 33.9 Å². The van der Waals surface area contributed by atoms with Crippen LogP contribution in [0.3, 0.4) is 0 Å². The maximum Gasteiger partial charge on any atom is 0.292 e. The lowest BCUT2D eigenvalue weighted by molar-refractivity contribution is -0.384. The Morgan fingerprint density at radius 2 is 2.29 bits per heavy atom. The standard InChI is InChI=1S/C15H20N2O4/c1-10(18)11-5-6-12(14(9-11)17(19)20)16-7-8-21-15-4-2-3-13(15)16/h5-6,9-10,13,15,18H,2-4,7-8H2,1H3/t10-,13?,15?/m0/s1. The minimum atomic E-state index is -0.707.